The van der Waals surface area contributed by atoms with Crippen LogP contribution in [0.2, 0.25) is 0 Å². The number of fused-ring (bicyclic) bond motifs is 1. The molecule has 112 valence electrons. The summed E-state index contributed by atoms with van der Waals surface area (Å²) in [6.45, 7) is 1.96. The van der Waals surface area contributed by atoms with Crippen LogP contribution in [0.3, 0.4) is 0 Å². The molecule has 0 heterocycles. The quantitative estimate of drug-likeness (QED) is 0.713. The van der Waals surface area contributed by atoms with Crippen molar-refractivity contribution in [3.63, 3.8) is 0 Å². The van der Waals surface area contributed by atoms with Gasteiger partial charge in [0.2, 0.25) is 0 Å². The SMILES string of the molecule is Cc1cccc(Nc2c(S(=O)(=O)O)ccc3ccccc23)c1. The van der Waals surface area contributed by atoms with Crippen molar-refractivity contribution < 1.29 is 13.0 Å². The van der Waals surface area contributed by atoms with Crippen molar-refractivity contribution in [3.05, 3.63) is 66.2 Å². The monoisotopic (exact) mass is 313 g/mol. The van der Waals surface area contributed by atoms with Gasteiger partial charge in [0.05, 0.1) is 5.69 Å². The zero-order valence-electron chi connectivity index (χ0n) is 11.9. The lowest BCUT2D eigenvalue weighted by Gasteiger charge is -2.14. The summed E-state index contributed by atoms with van der Waals surface area (Å²) in [7, 11) is -4.32. The molecule has 2 N–H and O–H groups in total. The van der Waals surface area contributed by atoms with Crippen LogP contribution in [0.1, 0.15) is 5.56 Å². The largest absolute Gasteiger partial charge is 0.354 e. The predicted molar refractivity (Wildman–Crippen MR) is 88.2 cm³/mol. The fourth-order valence-corrected chi connectivity index (χ4v) is 3.12. The van der Waals surface area contributed by atoms with Crippen LogP contribution in [0.4, 0.5) is 11.4 Å². The number of aryl methyl sites for hydroxylation is 1. The van der Waals surface area contributed by atoms with Crippen LogP contribution in [0.25, 0.3) is 10.8 Å². The highest BCUT2D eigenvalue weighted by Gasteiger charge is 2.18. The zero-order valence-corrected chi connectivity index (χ0v) is 12.8. The van der Waals surface area contributed by atoms with Crippen molar-refractivity contribution in [1.82, 2.24) is 0 Å². The summed E-state index contributed by atoms with van der Waals surface area (Å²) in [4.78, 5) is -0.132. The van der Waals surface area contributed by atoms with Gasteiger partial charge in [-0.25, -0.2) is 0 Å². The van der Waals surface area contributed by atoms with Gasteiger partial charge in [0.15, 0.2) is 0 Å². The van der Waals surface area contributed by atoms with Crippen LogP contribution in [-0.2, 0) is 10.1 Å². The van der Waals surface area contributed by atoms with Gasteiger partial charge in [-0.2, -0.15) is 8.42 Å². The molecule has 3 aromatic carbocycles. The van der Waals surface area contributed by atoms with E-state index < -0.39 is 10.1 Å². The molecule has 0 fully saturated rings. The first kappa shape index (κ1) is 14.6. The van der Waals surface area contributed by atoms with Crippen LogP contribution < -0.4 is 5.32 Å². The fraction of sp³-hybridized carbons (Fsp3) is 0.0588. The summed E-state index contributed by atoms with van der Waals surface area (Å²) >= 11 is 0. The van der Waals surface area contributed by atoms with E-state index in [4.69, 9.17) is 0 Å². The van der Waals surface area contributed by atoms with Crippen LogP contribution >= 0.6 is 0 Å². The normalized spacial score (nSPS) is 11.5. The predicted octanol–water partition coefficient (Wildman–Crippen LogP) is 4.14. The molecule has 0 bridgehead atoms. The fourth-order valence-electron chi connectivity index (χ4n) is 2.46. The molecule has 4 nitrogen and oxygen atoms in total. The Bertz CT molecular complexity index is 949. The van der Waals surface area contributed by atoms with Gasteiger partial charge in [0.1, 0.15) is 4.90 Å². The third kappa shape index (κ3) is 2.81. The maximum atomic E-state index is 11.7. The summed E-state index contributed by atoms with van der Waals surface area (Å²) in [6.07, 6.45) is 0. The third-order valence-electron chi connectivity index (χ3n) is 3.46. The van der Waals surface area contributed by atoms with E-state index in [0.29, 0.717) is 5.69 Å². The minimum atomic E-state index is -4.32. The molecule has 3 rings (SSSR count). The Labute approximate surface area is 129 Å². The Hall–Kier alpha value is -2.37. The number of anilines is 2. The van der Waals surface area contributed by atoms with Crippen molar-refractivity contribution in [3.8, 4) is 0 Å². The summed E-state index contributed by atoms with van der Waals surface area (Å²) in [5.74, 6) is 0. The lowest BCUT2D eigenvalue weighted by Crippen LogP contribution is -2.04. The first-order valence-corrected chi connectivity index (χ1v) is 8.22. The molecule has 22 heavy (non-hydrogen) atoms. The van der Waals surface area contributed by atoms with E-state index in [-0.39, 0.29) is 4.90 Å². The lowest BCUT2D eigenvalue weighted by atomic mass is 10.1. The lowest BCUT2D eigenvalue weighted by molar-refractivity contribution is 0.483. The maximum absolute atomic E-state index is 11.7. The Kier molecular flexibility index (Phi) is 3.60. The Balaban J connectivity index is 2.25. The van der Waals surface area contributed by atoms with Crippen molar-refractivity contribution in [2.75, 3.05) is 5.32 Å². The molecule has 0 amide bonds. The third-order valence-corrected chi connectivity index (χ3v) is 4.35. The molecule has 0 aliphatic carbocycles. The first-order chi connectivity index (χ1) is 10.4. The molecule has 0 aromatic heterocycles. The molecule has 0 unspecified atom stereocenters. The highest BCUT2D eigenvalue weighted by molar-refractivity contribution is 7.86. The average Bonchev–Trinajstić information content (AvgIpc) is 2.46. The topological polar surface area (TPSA) is 66.4 Å². The van der Waals surface area contributed by atoms with Crippen molar-refractivity contribution >= 4 is 32.3 Å². The summed E-state index contributed by atoms with van der Waals surface area (Å²) in [6, 6.07) is 18.1. The Morgan fingerprint density at radius 1 is 0.955 bits per heavy atom. The zero-order chi connectivity index (χ0) is 15.7. The highest BCUT2D eigenvalue weighted by atomic mass is 32.2. The van der Waals surface area contributed by atoms with Crippen molar-refractivity contribution in [2.45, 2.75) is 11.8 Å². The van der Waals surface area contributed by atoms with Crippen LogP contribution in [0, 0.1) is 6.92 Å². The van der Waals surface area contributed by atoms with E-state index >= 15 is 0 Å². The minimum Gasteiger partial charge on any atom is -0.354 e. The second-order valence-electron chi connectivity index (χ2n) is 5.13. The number of hydrogen-bond donors (Lipinski definition) is 2. The van der Waals surface area contributed by atoms with Gasteiger partial charge in [-0.3, -0.25) is 4.55 Å². The molecule has 3 aromatic rings. The first-order valence-electron chi connectivity index (χ1n) is 6.78. The van der Waals surface area contributed by atoms with Gasteiger partial charge in [-0.15, -0.1) is 0 Å². The molecular formula is C17H15NO3S. The number of hydrogen-bond acceptors (Lipinski definition) is 3. The Morgan fingerprint density at radius 3 is 2.45 bits per heavy atom. The van der Waals surface area contributed by atoms with Gasteiger partial charge in [0.25, 0.3) is 10.1 Å². The van der Waals surface area contributed by atoms with Crippen LogP contribution in [-0.4, -0.2) is 13.0 Å². The molecule has 0 aliphatic rings. The van der Waals surface area contributed by atoms with E-state index in [2.05, 4.69) is 5.32 Å². The Morgan fingerprint density at radius 2 is 1.73 bits per heavy atom. The van der Waals surface area contributed by atoms with Gasteiger partial charge in [-0.05, 0) is 36.1 Å². The van der Waals surface area contributed by atoms with E-state index in [0.717, 1.165) is 22.0 Å². The molecular weight excluding hydrogens is 298 g/mol. The molecule has 0 aliphatic heterocycles. The second kappa shape index (κ2) is 5.44. The maximum Gasteiger partial charge on any atom is 0.296 e. The number of benzene rings is 3. The summed E-state index contributed by atoms with van der Waals surface area (Å²) in [5.41, 5.74) is 2.20. The van der Waals surface area contributed by atoms with E-state index in [9.17, 15) is 13.0 Å². The van der Waals surface area contributed by atoms with Crippen molar-refractivity contribution in [1.29, 1.82) is 0 Å². The van der Waals surface area contributed by atoms with Gasteiger partial charge < -0.3 is 5.32 Å². The van der Waals surface area contributed by atoms with E-state index in [1.54, 1.807) is 6.07 Å². The minimum absolute atomic E-state index is 0.132. The van der Waals surface area contributed by atoms with Gasteiger partial charge in [-0.1, -0.05) is 42.5 Å². The second-order valence-corrected chi connectivity index (χ2v) is 6.52. The summed E-state index contributed by atoms with van der Waals surface area (Å²) in [5, 5.41) is 4.75. The van der Waals surface area contributed by atoms with Gasteiger partial charge >= 0.3 is 0 Å². The molecule has 0 atom stereocenters. The standard InChI is InChI=1S/C17H15NO3S/c1-12-5-4-7-14(11-12)18-17-15-8-3-2-6-13(15)9-10-16(17)22(19,20)21/h2-11,18H,1H3,(H,19,20,21). The van der Waals surface area contributed by atoms with Crippen molar-refractivity contribution in [2.24, 2.45) is 0 Å². The number of rotatable bonds is 3. The van der Waals surface area contributed by atoms with Crippen LogP contribution in [0.15, 0.2) is 65.6 Å². The van der Waals surface area contributed by atoms with E-state index in [1.165, 1.54) is 6.07 Å². The van der Waals surface area contributed by atoms with E-state index in [1.807, 2.05) is 55.5 Å². The molecule has 0 spiro atoms. The number of nitrogens with one attached hydrogen (secondary N) is 1. The highest BCUT2D eigenvalue weighted by Crippen LogP contribution is 2.33. The average molecular weight is 313 g/mol. The summed E-state index contributed by atoms with van der Waals surface area (Å²) < 4.78 is 32.8. The molecule has 0 radical (unpaired) electrons. The van der Waals surface area contributed by atoms with Gasteiger partial charge in [0, 0.05) is 11.1 Å². The smallest absolute Gasteiger partial charge is 0.296 e. The molecule has 0 saturated heterocycles. The molecule has 5 heteroatoms. The molecule has 0 saturated carbocycles. The van der Waals surface area contributed by atoms with Crippen LogP contribution in [0.5, 0.6) is 0 Å².